The van der Waals surface area contributed by atoms with Crippen LogP contribution >= 0.6 is 0 Å². The first-order chi connectivity index (χ1) is 10.5. The first kappa shape index (κ1) is 13.8. The van der Waals surface area contributed by atoms with E-state index in [0.29, 0.717) is 22.7 Å². The van der Waals surface area contributed by atoms with Crippen LogP contribution in [-0.4, -0.2) is 16.9 Å². The second-order valence-electron chi connectivity index (χ2n) is 4.97. The molecule has 1 heterocycles. The normalized spacial score (nSPS) is 10.6. The van der Waals surface area contributed by atoms with Crippen LogP contribution in [0.1, 0.15) is 21.7 Å². The van der Waals surface area contributed by atoms with E-state index in [9.17, 15) is 4.79 Å². The summed E-state index contributed by atoms with van der Waals surface area (Å²) in [7, 11) is 0. The predicted molar refractivity (Wildman–Crippen MR) is 84.2 cm³/mol. The molecule has 0 radical (unpaired) electrons. The molecule has 0 aliphatic heterocycles. The lowest BCUT2D eigenvalue weighted by Crippen LogP contribution is -2.12. The highest BCUT2D eigenvalue weighted by Gasteiger charge is 2.10. The number of benzene rings is 2. The molecule has 0 saturated carbocycles. The second-order valence-corrected chi connectivity index (χ2v) is 4.97. The first-order valence-corrected chi connectivity index (χ1v) is 6.66. The topological polar surface area (TPSA) is 105 Å². The van der Waals surface area contributed by atoms with Gasteiger partial charge in [0.05, 0.1) is 0 Å². The molecule has 0 fully saturated rings. The van der Waals surface area contributed by atoms with E-state index >= 15 is 0 Å². The number of aromatic nitrogens is 1. The zero-order valence-electron chi connectivity index (χ0n) is 11.9. The van der Waals surface area contributed by atoms with Crippen molar-refractivity contribution in [1.29, 1.82) is 5.41 Å². The Morgan fingerprint density at radius 1 is 1.14 bits per heavy atom. The molecule has 3 aromatic rings. The van der Waals surface area contributed by atoms with Crippen LogP contribution in [0.5, 0.6) is 0 Å². The second kappa shape index (κ2) is 5.33. The summed E-state index contributed by atoms with van der Waals surface area (Å²) in [6, 6.07) is 12.4. The van der Waals surface area contributed by atoms with Crippen LogP contribution < -0.4 is 11.1 Å². The number of hydrogen-bond acceptors (Lipinski definition) is 4. The van der Waals surface area contributed by atoms with E-state index in [2.05, 4.69) is 10.5 Å². The first-order valence-electron chi connectivity index (χ1n) is 6.66. The summed E-state index contributed by atoms with van der Waals surface area (Å²) in [5.74, 6) is 0.774. The van der Waals surface area contributed by atoms with Crippen molar-refractivity contribution in [3.8, 4) is 0 Å². The summed E-state index contributed by atoms with van der Waals surface area (Å²) < 4.78 is 4.91. The summed E-state index contributed by atoms with van der Waals surface area (Å²) in [6.45, 7) is 1.76. The Bertz CT molecular complexity index is 883. The third-order valence-electron chi connectivity index (χ3n) is 3.28. The number of hydrogen-bond donors (Lipinski definition) is 3. The summed E-state index contributed by atoms with van der Waals surface area (Å²) >= 11 is 0. The van der Waals surface area contributed by atoms with Crippen molar-refractivity contribution in [2.75, 3.05) is 5.32 Å². The van der Waals surface area contributed by atoms with Crippen molar-refractivity contribution in [2.45, 2.75) is 6.92 Å². The number of nitrogens with one attached hydrogen (secondary N) is 2. The third-order valence-corrected chi connectivity index (χ3v) is 3.28. The molecular weight excluding hydrogens is 280 g/mol. The average Bonchev–Trinajstić information content (AvgIpc) is 2.91. The van der Waals surface area contributed by atoms with Crippen molar-refractivity contribution in [3.63, 3.8) is 0 Å². The van der Waals surface area contributed by atoms with Gasteiger partial charge in [0.15, 0.2) is 5.82 Å². The summed E-state index contributed by atoms with van der Waals surface area (Å²) in [6.07, 6.45) is 0. The van der Waals surface area contributed by atoms with Crippen molar-refractivity contribution in [2.24, 2.45) is 5.73 Å². The van der Waals surface area contributed by atoms with E-state index in [1.54, 1.807) is 31.2 Å². The zero-order valence-corrected chi connectivity index (χ0v) is 11.9. The number of rotatable bonds is 3. The van der Waals surface area contributed by atoms with E-state index in [-0.39, 0.29) is 11.7 Å². The summed E-state index contributed by atoms with van der Waals surface area (Å²) in [5.41, 5.74) is 6.65. The molecule has 22 heavy (non-hydrogen) atoms. The van der Waals surface area contributed by atoms with E-state index in [4.69, 9.17) is 15.7 Å². The minimum atomic E-state index is -0.258. The van der Waals surface area contributed by atoms with Crippen LogP contribution in [0.25, 0.3) is 10.8 Å². The van der Waals surface area contributed by atoms with Crippen LogP contribution in [0.15, 0.2) is 47.0 Å². The minimum Gasteiger partial charge on any atom is -0.384 e. The Hall–Kier alpha value is -3.15. The van der Waals surface area contributed by atoms with Gasteiger partial charge in [-0.15, -0.1) is 0 Å². The molecule has 1 amide bonds. The molecule has 1 aromatic heterocycles. The number of carbonyl (C=O) groups is 1. The monoisotopic (exact) mass is 294 g/mol. The summed E-state index contributed by atoms with van der Waals surface area (Å²) in [4.78, 5) is 12.2. The largest absolute Gasteiger partial charge is 0.384 e. The molecule has 0 aliphatic rings. The van der Waals surface area contributed by atoms with Gasteiger partial charge < -0.3 is 15.6 Å². The molecule has 0 saturated heterocycles. The number of fused-ring (bicyclic) bond motifs is 1. The SMILES string of the molecule is Cc1cc(NC(=O)c2ccc3cc(C(=N)N)ccc3c2)no1. The van der Waals surface area contributed by atoms with Gasteiger partial charge in [-0.25, -0.2) is 0 Å². The van der Waals surface area contributed by atoms with E-state index in [0.717, 1.165) is 10.8 Å². The Labute approximate surface area is 126 Å². The molecule has 6 heteroatoms. The molecule has 0 unspecified atom stereocenters. The Kier molecular flexibility index (Phi) is 3.34. The van der Waals surface area contributed by atoms with Gasteiger partial charge in [-0.1, -0.05) is 23.4 Å². The Morgan fingerprint density at radius 2 is 1.77 bits per heavy atom. The molecule has 4 N–H and O–H groups in total. The van der Waals surface area contributed by atoms with Crippen molar-refractivity contribution in [1.82, 2.24) is 5.16 Å². The number of nitrogen functional groups attached to an aromatic ring is 1. The highest BCUT2D eigenvalue weighted by atomic mass is 16.5. The average molecular weight is 294 g/mol. The van der Waals surface area contributed by atoms with E-state index in [1.165, 1.54) is 0 Å². The van der Waals surface area contributed by atoms with Gasteiger partial charge in [0, 0.05) is 17.2 Å². The fourth-order valence-electron chi connectivity index (χ4n) is 2.17. The van der Waals surface area contributed by atoms with Gasteiger partial charge in [0.2, 0.25) is 0 Å². The van der Waals surface area contributed by atoms with E-state index in [1.807, 2.05) is 18.2 Å². The lowest BCUT2D eigenvalue weighted by atomic mass is 10.0. The number of anilines is 1. The smallest absolute Gasteiger partial charge is 0.256 e. The van der Waals surface area contributed by atoms with Crippen LogP contribution in [0, 0.1) is 12.3 Å². The van der Waals surface area contributed by atoms with Gasteiger partial charge in [-0.05, 0) is 35.9 Å². The lowest BCUT2D eigenvalue weighted by molar-refractivity contribution is 0.102. The number of nitrogens with two attached hydrogens (primary N) is 1. The van der Waals surface area contributed by atoms with E-state index < -0.39 is 0 Å². The van der Waals surface area contributed by atoms with Gasteiger partial charge in [-0.3, -0.25) is 10.2 Å². The number of carbonyl (C=O) groups excluding carboxylic acids is 1. The molecule has 0 spiro atoms. The Morgan fingerprint density at radius 3 is 2.36 bits per heavy atom. The molecule has 3 rings (SSSR count). The number of nitrogens with zero attached hydrogens (tertiary/aromatic N) is 1. The zero-order chi connectivity index (χ0) is 15.7. The molecule has 0 aliphatic carbocycles. The third kappa shape index (κ3) is 2.67. The fourth-order valence-corrected chi connectivity index (χ4v) is 2.17. The molecular formula is C16H14N4O2. The molecule has 2 aromatic carbocycles. The minimum absolute atomic E-state index is 0.0186. The van der Waals surface area contributed by atoms with Gasteiger partial charge in [0.1, 0.15) is 11.6 Å². The number of amides is 1. The maximum Gasteiger partial charge on any atom is 0.256 e. The van der Waals surface area contributed by atoms with Crippen LogP contribution in [-0.2, 0) is 0 Å². The standard InChI is InChI=1S/C16H14N4O2/c1-9-6-14(20-22-9)19-16(21)13-5-3-10-7-12(15(17)18)4-2-11(10)8-13/h2-8H,1H3,(H3,17,18)(H,19,20,21). The van der Waals surface area contributed by atoms with Crippen molar-refractivity contribution in [3.05, 3.63) is 59.4 Å². The van der Waals surface area contributed by atoms with Crippen molar-refractivity contribution < 1.29 is 9.32 Å². The van der Waals surface area contributed by atoms with Gasteiger partial charge in [0.25, 0.3) is 5.91 Å². The summed E-state index contributed by atoms with van der Waals surface area (Å²) in [5, 5.41) is 15.7. The predicted octanol–water partition coefficient (Wildman–Crippen LogP) is 2.67. The molecule has 6 nitrogen and oxygen atoms in total. The fraction of sp³-hybridized carbons (Fsp3) is 0.0625. The van der Waals surface area contributed by atoms with Crippen LogP contribution in [0.2, 0.25) is 0 Å². The maximum absolute atomic E-state index is 12.2. The highest BCUT2D eigenvalue weighted by Crippen LogP contribution is 2.19. The van der Waals surface area contributed by atoms with Crippen LogP contribution in [0.3, 0.4) is 0 Å². The molecule has 0 bridgehead atoms. The van der Waals surface area contributed by atoms with Gasteiger partial charge in [-0.2, -0.15) is 0 Å². The lowest BCUT2D eigenvalue weighted by Gasteiger charge is -2.05. The Balaban J connectivity index is 1.89. The number of amidine groups is 1. The highest BCUT2D eigenvalue weighted by molar-refractivity contribution is 6.06. The quantitative estimate of drug-likeness (QED) is 0.510. The van der Waals surface area contributed by atoms with Crippen molar-refractivity contribution >= 4 is 28.3 Å². The van der Waals surface area contributed by atoms with Gasteiger partial charge >= 0.3 is 0 Å². The van der Waals surface area contributed by atoms with Crippen LogP contribution in [0.4, 0.5) is 5.82 Å². The molecule has 110 valence electrons. The molecule has 0 atom stereocenters. The maximum atomic E-state index is 12.2. The number of aryl methyl sites for hydroxylation is 1.